The van der Waals surface area contributed by atoms with Crippen molar-refractivity contribution in [3.8, 4) is 0 Å². The van der Waals surface area contributed by atoms with Gasteiger partial charge in [-0.2, -0.15) is 0 Å². The van der Waals surface area contributed by atoms with Gasteiger partial charge in [0.15, 0.2) is 0 Å². The van der Waals surface area contributed by atoms with Crippen LogP contribution in [0, 0.1) is 13.8 Å². The molecule has 68 valence electrons. The zero-order chi connectivity index (χ0) is 9.14. The number of hydrogen-bond donors (Lipinski definition) is 3. The Morgan fingerprint density at radius 1 is 1.58 bits per heavy atom. The normalized spacial score (nSPS) is 13.3. The molecule has 0 aliphatic rings. The molecule has 1 aromatic rings. The van der Waals surface area contributed by atoms with Crippen LogP contribution >= 0.6 is 0 Å². The van der Waals surface area contributed by atoms with Crippen molar-refractivity contribution < 1.29 is 5.11 Å². The molecule has 0 saturated heterocycles. The van der Waals surface area contributed by atoms with Crippen molar-refractivity contribution in [3.05, 3.63) is 23.0 Å². The number of aliphatic hydroxyl groups excluding tert-OH is 1. The number of rotatable bonds is 3. The maximum atomic E-state index is 8.70. The van der Waals surface area contributed by atoms with Gasteiger partial charge in [0, 0.05) is 24.0 Å². The molecular weight excluding hydrogens is 152 g/mol. The lowest BCUT2D eigenvalue weighted by Crippen LogP contribution is -2.13. The van der Waals surface area contributed by atoms with Crippen LogP contribution in [0.2, 0.25) is 0 Å². The summed E-state index contributed by atoms with van der Waals surface area (Å²) in [6.45, 7) is 4.16. The Hall–Kier alpha value is -0.800. The number of aromatic amines is 1. The molecule has 0 radical (unpaired) electrons. The first kappa shape index (κ1) is 9.29. The maximum absolute atomic E-state index is 8.70. The Labute approximate surface area is 72.6 Å². The van der Waals surface area contributed by atoms with Crippen molar-refractivity contribution in [1.82, 2.24) is 4.98 Å². The predicted molar refractivity (Wildman–Crippen MR) is 48.9 cm³/mol. The van der Waals surface area contributed by atoms with E-state index >= 15 is 0 Å². The number of aliphatic hydroxyl groups is 1. The monoisotopic (exact) mass is 168 g/mol. The number of nitrogens with one attached hydrogen (secondary N) is 1. The number of hydrogen-bond acceptors (Lipinski definition) is 2. The third-order valence-electron chi connectivity index (χ3n) is 2.00. The smallest absolute Gasteiger partial charge is 0.0472 e. The zero-order valence-corrected chi connectivity index (χ0v) is 7.59. The largest absolute Gasteiger partial charge is 0.396 e. The first-order valence-corrected chi connectivity index (χ1v) is 4.17. The van der Waals surface area contributed by atoms with Gasteiger partial charge in [0.05, 0.1) is 0 Å². The van der Waals surface area contributed by atoms with E-state index in [2.05, 4.69) is 11.1 Å². The number of aryl methyl sites for hydroxylation is 2. The van der Waals surface area contributed by atoms with Gasteiger partial charge >= 0.3 is 0 Å². The van der Waals surface area contributed by atoms with Gasteiger partial charge in [-0.15, -0.1) is 0 Å². The number of aromatic nitrogens is 1. The molecule has 4 N–H and O–H groups in total. The summed E-state index contributed by atoms with van der Waals surface area (Å²) in [5.41, 5.74) is 9.17. The number of nitrogens with two attached hydrogens (primary N) is 1. The van der Waals surface area contributed by atoms with Crippen LogP contribution in [-0.2, 0) is 0 Å². The highest BCUT2D eigenvalue weighted by atomic mass is 16.3. The van der Waals surface area contributed by atoms with E-state index in [0.29, 0.717) is 6.42 Å². The van der Waals surface area contributed by atoms with E-state index in [1.807, 2.05) is 13.8 Å². The quantitative estimate of drug-likeness (QED) is 0.631. The fraction of sp³-hybridized carbons (Fsp3) is 0.556. The molecule has 0 fully saturated rings. The minimum atomic E-state index is -0.0660. The van der Waals surface area contributed by atoms with Gasteiger partial charge < -0.3 is 15.8 Å². The average Bonchev–Trinajstić information content (AvgIpc) is 2.30. The van der Waals surface area contributed by atoms with Crippen molar-refractivity contribution in [2.45, 2.75) is 26.3 Å². The van der Waals surface area contributed by atoms with Gasteiger partial charge in [0.2, 0.25) is 0 Å². The van der Waals surface area contributed by atoms with Gasteiger partial charge in [-0.1, -0.05) is 0 Å². The molecule has 1 aromatic heterocycles. The Bertz CT molecular complexity index is 255. The Kier molecular flexibility index (Phi) is 2.89. The molecule has 0 bridgehead atoms. The highest BCUT2D eigenvalue weighted by Crippen LogP contribution is 2.17. The molecule has 0 aromatic carbocycles. The topological polar surface area (TPSA) is 62.0 Å². The van der Waals surface area contributed by atoms with E-state index in [-0.39, 0.29) is 12.6 Å². The maximum Gasteiger partial charge on any atom is 0.0472 e. The molecule has 3 heteroatoms. The summed E-state index contributed by atoms with van der Waals surface area (Å²) in [5.74, 6) is 0. The SMILES string of the molecule is Cc1cc(C)c(C(N)CCO)[nH]1. The summed E-state index contributed by atoms with van der Waals surface area (Å²) in [6.07, 6.45) is 0.612. The second kappa shape index (κ2) is 3.74. The van der Waals surface area contributed by atoms with Gasteiger partial charge in [-0.05, 0) is 31.9 Å². The van der Waals surface area contributed by atoms with Crippen LogP contribution in [0.25, 0.3) is 0 Å². The van der Waals surface area contributed by atoms with Crippen LogP contribution in [0.5, 0.6) is 0 Å². The molecule has 0 aliphatic heterocycles. The third kappa shape index (κ3) is 1.87. The van der Waals surface area contributed by atoms with Gasteiger partial charge in [-0.25, -0.2) is 0 Å². The molecular formula is C9H16N2O. The summed E-state index contributed by atoms with van der Waals surface area (Å²) in [7, 11) is 0. The molecule has 1 heterocycles. The molecule has 1 atom stereocenters. The first-order chi connectivity index (χ1) is 5.65. The van der Waals surface area contributed by atoms with E-state index < -0.39 is 0 Å². The van der Waals surface area contributed by atoms with Crippen molar-refractivity contribution in [1.29, 1.82) is 0 Å². The molecule has 1 unspecified atom stereocenters. The highest BCUT2D eigenvalue weighted by molar-refractivity contribution is 5.26. The molecule has 12 heavy (non-hydrogen) atoms. The summed E-state index contributed by atoms with van der Waals surface area (Å²) in [4.78, 5) is 3.19. The molecule has 0 spiro atoms. The van der Waals surface area contributed by atoms with Crippen molar-refractivity contribution in [3.63, 3.8) is 0 Å². The lowest BCUT2D eigenvalue weighted by atomic mass is 10.1. The molecule has 3 nitrogen and oxygen atoms in total. The van der Waals surface area contributed by atoms with Gasteiger partial charge in [0.25, 0.3) is 0 Å². The van der Waals surface area contributed by atoms with E-state index in [1.54, 1.807) is 0 Å². The predicted octanol–water partition coefficient (Wildman–Crippen LogP) is 1.01. The summed E-state index contributed by atoms with van der Waals surface area (Å²) in [5, 5.41) is 8.70. The summed E-state index contributed by atoms with van der Waals surface area (Å²) in [6, 6.07) is 2.00. The zero-order valence-electron chi connectivity index (χ0n) is 7.59. The second-order valence-corrected chi connectivity index (χ2v) is 3.17. The van der Waals surface area contributed by atoms with Crippen LogP contribution in [0.1, 0.15) is 29.4 Å². The molecule has 0 saturated carbocycles. The first-order valence-electron chi connectivity index (χ1n) is 4.17. The van der Waals surface area contributed by atoms with Crippen LogP contribution in [0.15, 0.2) is 6.07 Å². The fourth-order valence-corrected chi connectivity index (χ4v) is 1.42. The minimum Gasteiger partial charge on any atom is -0.396 e. The Balaban J connectivity index is 2.79. The van der Waals surface area contributed by atoms with Crippen LogP contribution in [0.3, 0.4) is 0 Å². The molecule has 0 amide bonds. The summed E-state index contributed by atoms with van der Waals surface area (Å²) < 4.78 is 0. The van der Waals surface area contributed by atoms with E-state index in [9.17, 15) is 0 Å². The minimum absolute atomic E-state index is 0.0660. The average molecular weight is 168 g/mol. The lowest BCUT2D eigenvalue weighted by molar-refractivity contribution is 0.275. The van der Waals surface area contributed by atoms with Crippen molar-refractivity contribution >= 4 is 0 Å². The summed E-state index contributed by atoms with van der Waals surface area (Å²) >= 11 is 0. The lowest BCUT2D eigenvalue weighted by Gasteiger charge is -2.08. The second-order valence-electron chi connectivity index (χ2n) is 3.17. The highest BCUT2D eigenvalue weighted by Gasteiger charge is 2.09. The van der Waals surface area contributed by atoms with E-state index in [1.165, 1.54) is 5.56 Å². The van der Waals surface area contributed by atoms with Gasteiger partial charge in [0.1, 0.15) is 0 Å². The fourth-order valence-electron chi connectivity index (χ4n) is 1.42. The Morgan fingerprint density at radius 3 is 2.67 bits per heavy atom. The van der Waals surface area contributed by atoms with E-state index in [4.69, 9.17) is 10.8 Å². The Morgan fingerprint density at radius 2 is 2.25 bits per heavy atom. The van der Waals surface area contributed by atoms with E-state index in [0.717, 1.165) is 11.4 Å². The third-order valence-corrected chi connectivity index (χ3v) is 2.00. The van der Waals surface area contributed by atoms with Crippen LogP contribution in [-0.4, -0.2) is 16.7 Å². The van der Waals surface area contributed by atoms with Gasteiger partial charge in [-0.3, -0.25) is 0 Å². The standard InChI is InChI=1S/C9H16N2O/c1-6-5-7(2)11-9(6)8(10)3-4-12/h5,8,11-12H,3-4,10H2,1-2H3. The van der Waals surface area contributed by atoms with Crippen LogP contribution < -0.4 is 5.73 Å². The van der Waals surface area contributed by atoms with Crippen LogP contribution in [0.4, 0.5) is 0 Å². The molecule has 0 aliphatic carbocycles. The van der Waals surface area contributed by atoms with Crippen molar-refractivity contribution in [2.75, 3.05) is 6.61 Å². The van der Waals surface area contributed by atoms with Crippen molar-refractivity contribution in [2.24, 2.45) is 5.73 Å². The number of H-pyrrole nitrogens is 1. The molecule has 1 rings (SSSR count).